The number of nitrogens with one attached hydrogen (secondary N) is 1. The average Bonchev–Trinajstić information content (AvgIpc) is 2.47. The Morgan fingerprint density at radius 2 is 2.09 bits per heavy atom. The van der Waals surface area contributed by atoms with Crippen LogP contribution in [0.4, 0.5) is 0 Å². The number of thioether (sulfide) groups is 1. The molecule has 1 aromatic carbocycles. The molecule has 1 atom stereocenters. The molecule has 5 heteroatoms. The number of aryl methyl sites for hydroxylation is 1. The predicted molar refractivity (Wildman–Crippen MR) is 88.7 cm³/mol. The second-order valence-electron chi connectivity index (χ2n) is 5.33. The maximum atomic E-state index is 12.4. The summed E-state index contributed by atoms with van der Waals surface area (Å²) in [5.41, 5.74) is 3.24. The van der Waals surface area contributed by atoms with Crippen LogP contribution in [0, 0.1) is 6.92 Å². The van der Waals surface area contributed by atoms with Gasteiger partial charge in [0, 0.05) is 23.8 Å². The van der Waals surface area contributed by atoms with Crippen molar-refractivity contribution in [3.05, 3.63) is 46.7 Å². The van der Waals surface area contributed by atoms with Crippen molar-refractivity contribution in [2.24, 2.45) is 0 Å². The van der Waals surface area contributed by atoms with Crippen molar-refractivity contribution in [1.29, 1.82) is 0 Å². The minimum absolute atomic E-state index is 0.0635. The molecule has 1 heterocycles. The van der Waals surface area contributed by atoms with Crippen LogP contribution in [-0.4, -0.2) is 30.5 Å². The fraction of sp³-hybridized carbons (Fsp3) is 0.412. The molecule has 1 unspecified atom stereocenters. The van der Waals surface area contributed by atoms with Gasteiger partial charge in [-0.1, -0.05) is 24.3 Å². The van der Waals surface area contributed by atoms with E-state index in [4.69, 9.17) is 4.74 Å². The maximum Gasteiger partial charge on any atom is 0.336 e. The molecule has 0 saturated heterocycles. The van der Waals surface area contributed by atoms with Crippen LogP contribution in [0.2, 0.25) is 0 Å². The summed E-state index contributed by atoms with van der Waals surface area (Å²) in [7, 11) is 0. The molecule has 1 amide bonds. The van der Waals surface area contributed by atoms with Gasteiger partial charge in [0.15, 0.2) is 0 Å². The Morgan fingerprint density at radius 1 is 1.36 bits per heavy atom. The Morgan fingerprint density at radius 3 is 2.77 bits per heavy atom. The average molecular weight is 319 g/mol. The molecule has 0 radical (unpaired) electrons. The van der Waals surface area contributed by atoms with Gasteiger partial charge in [-0.2, -0.15) is 11.8 Å². The van der Waals surface area contributed by atoms with Crippen LogP contribution in [0.15, 0.2) is 35.5 Å². The van der Waals surface area contributed by atoms with E-state index in [1.54, 1.807) is 18.7 Å². The third kappa shape index (κ3) is 3.71. The van der Waals surface area contributed by atoms with E-state index in [0.717, 1.165) is 16.9 Å². The van der Waals surface area contributed by atoms with E-state index in [1.165, 1.54) is 0 Å². The summed E-state index contributed by atoms with van der Waals surface area (Å²) in [6.07, 6.45) is 2.24. The zero-order chi connectivity index (χ0) is 16.1. The second kappa shape index (κ2) is 7.49. The number of rotatable bonds is 5. The van der Waals surface area contributed by atoms with E-state index >= 15 is 0 Å². The Bertz CT molecular complexity index is 610. The molecule has 0 spiro atoms. The quantitative estimate of drug-likeness (QED) is 0.670. The lowest BCUT2D eigenvalue weighted by Gasteiger charge is -2.27. The fourth-order valence-corrected chi connectivity index (χ4v) is 2.96. The summed E-state index contributed by atoms with van der Waals surface area (Å²) < 4.78 is 5.35. The van der Waals surface area contributed by atoms with Gasteiger partial charge >= 0.3 is 5.97 Å². The van der Waals surface area contributed by atoms with Crippen LogP contribution in [0.3, 0.4) is 0 Å². The van der Waals surface area contributed by atoms with Gasteiger partial charge in [-0.25, -0.2) is 4.79 Å². The zero-order valence-corrected chi connectivity index (χ0v) is 14.0. The van der Waals surface area contributed by atoms with E-state index in [1.807, 2.05) is 37.4 Å². The van der Waals surface area contributed by atoms with Crippen molar-refractivity contribution < 1.29 is 14.3 Å². The van der Waals surface area contributed by atoms with Crippen LogP contribution in [0.5, 0.6) is 0 Å². The van der Waals surface area contributed by atoms with Gasteiger partial charge in [0.05, 0.1) is 5.57 Å². The highest BCUT2D eigenvalue weighted by Gasteiger charge is 2.33. The van der Waals surface area contributed by atoms with Gasteiger partial charge < -0.3 is 10.1 Å². The van der Waals surface area contributed by atoms with E-state index < -0.39 is 0 Å². The van der Waals surface area contributed by atoms with Crippen LogP contribution in [0.25, 0.3) is 0 Å². The third-order valence-electron chi connectivity index (χ3n) is 3.77. The topological polar surface area (TPSA) is 55.4 Å². The van der Waals surface area contributed by atoms with Crippen molar-refractivity contribution in [1.82, 2.24) is 5.32 Å². The predicted octanol–water partition coefficient (Wildman–Crippen LogP) is 2.78. The van der Waals surface area contributed by atoms with E-state index in [2.05, 4.69) is 5.32 Å². The minimum Gasteiger partial charge on any atom is -0.461 e. The van der Waals surface area contributed by atoms with Gasteiger partial charge in [-0.3, -0.25) is 4.79 Å². The molecule has 1 aliphatic rings. The fourth-order valence-electron chi connectivity index (χ4n) is 2.71. The Kier molecular flexibility index (Phi) is 5.66. The van der Waals surface area contributed by atoms with Crippen molar-refractivity contribution >= 4 is 23.6 Å². The van der Waals surface area contributed by atoms with Crippen LogP contribution >= 0.6 is 11.8 Å². The molecule has 0 aromatic heterocycles. The summed E-state index contributed by atoms with van der Waals surface area (Å²) in [5.74, 6) is 0.127. The first-order valence-electron chi connectivity index (χ1n) is 7.26. The lowest BCUT2D eigenvalue weighted by atomic mass is 9.82. The molecule has 0 aliphatic carbocycles. The molecular formula is C17H21NO3S. The van der Waals surface area contributed by atoms with Crippen molar-refractivity contribution in [2.45, 2.75) is 26.2 Å². The zero-order valence-electron chi connectivity index (χ0n) is 13.1. The molecule has 0 fully saturated rings. The Balaban J connectivity index is 2.33. The van der Waals surface area contributed by atoms with E-state index in [9.17, 15) is 9.59 Å². The Hall–Kier alpha value is -1.75. The summed E-state index contributed by atoms with van der Waals surface area (Å²) in [5, 5.41) is 2.75. The number of carbonyl (C=O) groups is 2. The molecule has 0 saturated carbocycles. The summed E-state index contributed by atoms with van der Waals surface area (Å²) in [6, 6.07) is 7.85. The molecule has 0 bridgehead atoms. The number of amides is 1. The standard InChI is InChI=1S/C17H21NO3S/c1-11-6-4-5-7-13(11)14-10-15(19)18-12(2)16(14)17(20)21-8-9-22-3/h4-7,14H,8-10H2,1-3H3,(H,18,19). The highest BCUT2D eigenvalue weighted by molar-refractivity contribution is 7.98. The SMILES string of the molecule is CSCCOC(=O)C1=C(C)NC(=O)CC1c1ccccc1C. The first kappa shape index (κ1) is 16.6. The minimum atomic E-state index is -0.334. The van der Waals surface area contributed by atoms with Crippen LogP contribution in [-0.2, 0) is 14.3 Å². The number of hydrogen-bond acceptors (Lipinski definition) is 4. The molecule has 22 heavy (non-hydrogen) atoms. The maximum absolute atomic E-state index is 12.4. The normalized spacial score (nSPS) is 18.1. The number of allylic oxidation sites excluding steroid dienone is 1. The number of benzene rings is 1. The van der Waals surface area contributed by atoms with Gasteiger partial charge in [-0.15, -0.1) is 0 Å². The number of esters is 1. The van der Waals surface area contributed by atoms with Crippen LogP contribution in [0.1, 0.15) is 30.4 Å². The highest BCUT2D eigenvalue weighted by Crippen LogP contribution is 2.35. The molecule has 1 aromatic rings. The molecular weight excluding hydrogens is 298 g/mol. The molecule has 1 aliphatic heterocycles. The Labute approximate surface area is 135 Å². The molecule has 4 nitrogen and oxygen atoms in total. The highest BCUT2D eigenvalue weighted by atomic mass is 32.2. The first-order valence-corrected chi connectivity index (χ1v) is 8.66. The van der Waals surface area contributed by atoms with Crippen molar-refractivity contribution in [2.75, 3.05) is 18.6 Å². The second-order valence-corrected chi connectivity index (χ2v) is 6.31. The number of ether oxygens (including phenoxy) is 1. The van der Waals surface area contributed by atoms with Crippen LogP contribution < -0.4 is 5.32 Å². The summed E-state index contributed by atoms with van der Waals surface area (Å²) >= 11 is 1.63. The number of carbonyl (C=O) groups excluding carboxylic acids is 2. The van der Waals surface area contributed by atoms with Crippen molar-refractivity contribution in [3.63, 3.8) is 0 Å². The first-order chi connectivity index (χ1) is 10.5. The van der Waals surface area contributed by atoms with Crippen molar-refractivity contribution in [3.8, 4) is 0 Å². The monoisotopic (exact) mass is 319 g/mol. The summed E-state index contributed by atoms with van der Waals surface area (Å²) in [4.78, 5) is 24.3. The third-order valence-corrected chi connectivity index (χ3v) is 4.35. The van der Waals surface area contributed by atoms with Gasteiger partial charge in [0.2, 0.25) is 5.91 Å². The van der Waals surface area contributed by atoms with E-state index in [0.29, 0.717) is 17.9 Å². The van der Waals surface area contributed by atoms with Gasteiger partial charge in [0.1, 0.15) is 6.61 Å². The summed E-state index contributed by atoms with van der Waals surface area (Å²) in [6.45, 7) is 4.13. The molecule has 1 N–H and O–H groups in total. The van der Waals surface area contributed by atoms with Gasteiger partial charge in [-0.05, 0) is 31.2 Å². The lowest BCUT2D eigenvalue weighted by Crippen LogP contribution is -2.34. The smallest absolute Gasteiger partial charge is 0.336 e. The number of hydrogen-bond donors (Lipinski definition) is 1. The molecule has 118 valence electrons. The van der Waals surface area contributed by atoms with E-state index in [-0.39, 0.29) is 24.2 Å². The lowest BCUT2D eigenvalue weighted by molar-refractivity contribution is -0.139. The molecule has 2 rings (SSSR count). The van der Waals surface area contributed by atoms with Gasteiger partial charge in [0.25, 0.3) is 0 Å². The largest absolute Gasteiger partial charge is 0.461 e.